The SMILES string of the molecule is CCCCCCCCCCCCCCCCCCOCC(COCCOCC[n+]1cccc(C(N)=O)c1)Oc1ncccn1. The van der Waals surface area contributed by atoms with E-state index in [0.717, 1.165) is 6.42 Å². The predicted molar refractivity (Wildman–Crippen MR) is 174 cm³/mol. The number of aromatic nitrogens is 3. The Labute approximate surface area is 266 Å². The van der Waals surface area contributed by atoms with Crippen LogP contribution in [0.4, 0.5) is 0 Å². The van der Waals surface area contributed by atoms with Gasteiger partial charge in [-0.25, -0.2) is 14.5 Å². The molecule has 0 aliphatic carbocycles. The van der Waals surface area contributed by atoms with Gasteiger partial charge in [-0.3, -0.25) is 4.79 Å². The first-order valence-corrected chi connectivity index (χ1v) is 17.1. The molecule has 0 aliphatic heterocycles. The van der Waals surface area contributed by atoms with Crippen LogP contribution in [0.15, 0.2) is 43.0 Å². The molecule has 1 unspecified atom stereocenters. The summed E-state index contributed by atoms with van der Waals surface area (Å²) in [6.07, 6.45) is 28.3. The zero-order chi connectivity index (χ0) is 31.3. The zero-order valence-corrected chi connectivity index (χ0v) is 27.3. The monoisotopic (exact) mass is 615 g/mol. The van der Waals surface area contributed by atoms with Crippen molar-refractivity contribution in [2.45, 2.75) is 122 Å². The molecule has 1 atom stereocenters. The van der Waals surface area contributed by atoms with E-state index >= 15 is 0 Å². The largest absolute Gasteiger partial charge is 0.455 e. The van der Waals surface area contributed by atoms with Crippen molar-refractivity contribution in [1.82, 2.24) is 9.97 Å². The van der Waals surface area contributed by atoms with Crippen LogP contribution < -0.4 is 15.0 Å². The topological polar surface area (TPSA) is 110 Å². The van der Waals surface area contributed by atoms with Crippen LogP contribution in [0.2, 0.25) is 0 Å². The minimum Gasteiger partial charge on any atom is -0.455 e. The van der Waals surface area contributed by atoms with Gasteiger partial charge in [-0.1, -0.05) is 103 Å². The van der Waals surface area contributed by atoms with Gasteiger partial charge in [0, 0.05) is 25.1 Å². The molecule has 2 aromatic heterocycles. The van der Waals surface area contributed by atoms with Gasteiger partial charge >= 0.3 is 6.01 Å². The Hall–Kier alpha value is -2.62. The summed E-state index contributed by atoms with van der Waals surface area (Å²) in [5.41, 5.74) is 5.81. The van der Waals surface area contributed by atoms with Crippen molar-refractivity contribution in [2.75, 3.05) is 39.6 Å². The summed E-state index contributed by atoms with van der Waals surface area (Å²) in [5.74, 6) is -0.444. The van der Waals surface area contributed by atoms with Gasteiger partial charge in [0.05, 0.1) is 26.4 Å². The number of primary amides is 1. The number of nitrogens with zero attached hydrogens (tertiary/aromatic N) is 3. The Morgan fingerprint density at radius 1 is 0.727 bits per heavy atom. The van der Waals surface area contributed by atoms with E-state index in [-0.39, 0.29) is 6.10 Å². The second kappa shape index (κ2) is 26.8. The molecule has 2 aromatic rings. The number of nitrogens with two attached hydrogens (primary N) is 1. The van der Waals surface area contributed by atoms with Crippen LogP contribution in [0, 0.1) is 0 Å². The van der Waals surface area contributed by atoms with Gasteiger partial charge in [-0.15, -0.1) is 0 Å². The molecule has 0 aromatic carbocycles. The molecule has 9 nitrogen and oxygen atoms in total. The van der Waals surface area contributed by atoms with Gasteiger partial charge in [0.2, 0.25) is 0 Å². The van der Waals surface area contributed by atoms with E-state index in [0.29, 0.717) is 57.8 Å². The molecule has 0 fully saturated rings. The minimum absolute atomic E-state index is 0.300. The van der Waals surface area contributed by atoms with Crippen molar-refractivity contribution in [3.63, 3.8) is 0 Å². The molecule has 2 heterocycles. The lowest BCUT2D eigenvalue weighted by Crippen LogP contribution is -2.37. The van der Waals surface area contributed by atoms with E-state index in [1.807, 2.05) is 10.8 Å². The number of ether oxygens (including phenoxy) is 4. The van der Waals surface area contributed by atoms with Gasteiger partial charge in [0.1, 0.15) is 18.3 Å². The Bertz CT molecular complexity index is 950. The molecule has 2 rings (SSSR count). The van der Waals surface area contributed by atoms with E-state index in [1.165, 1.54) is 96.3 Å². The highest BCUT2D eigenvalue weighted by Gasteiger charge is 2.13. The molecular weight excluding hydrogens is 556 g/mol. The van der Waals surface area contributed by atoms with Crippen LogP contribution in [0.3, 0.4) is 0 Å². The Kier molecular flexibility index (Phi) is 22.8. The normalized spacial score (nSPS) is 11.9. The van der Waals surface area contributed by atoms with Crippen LogP contribution in [-0.2, 0) is 20.8 Å². The van der Waals surface area contributed by atoms with E-state index in [4.69, 9.17) is 24.7 Å². The molecule has 44 heavy (non-hydrogen) atoms. The van der Waals surface area contributed by atoms with Crippen molar-refractivity contribution in [2.24, 2.45) is 5.73 Å². The van der Waals surface area contributed by atoms with Crippen LogP contribution in [0.1, 0.15) is 120 Å². The van der Waals surface area contributed by atoms with E-state index < -0.39 is 5.91 Å². The van der Waals surface area contributed by atoms with Crippen molar-refractivity contribution >= 4 is 5.91 Å². The molecule has 0 aliphatic rings. The average molecular weight is 616 g/mol. The van der Waals surface area contributed by atoms with E-state index in [1.54, 1.807) is 36.8 Å². The maximum Gasteiger partial charge on any atom is 0.316 e. The number of unbranched alkanes of at least 4 members (excludes halogenated alkanes) is 15. The summed E-state index contributed by atoms with van der Waals surface area (Å²) in [6.45, 7) is 5.77. The highest BCUT2D eigenvalue weighted by atomic mass is 16.6. The summed E-state index contributed by atoms with van der Waals surface area (Å²) in [4.78, 5) is 19.6. The minimum atomic E-state index is -0.444. The lowest BCUT2D eigenvalue weighted by Gasteiger charge is -2.18. The number of carbonyl (C=O) groups is 1. The van der Waals surface area contributed by atoms with Crippen LogP contribution >= 0.6 is 0 Å². The molecule has 0 radical (unpaired) electrons. The summed E-state index contributed by atoms with van der Waals surface area (Å²) in [6, 6.07) is 5.56. The summed E-state index contributed by atoms with van der Waals surface area (Å²) in [5, 5.41) is 0. The third-order valence-electron chi connectivity index (χ3n) is 7.57. The molecule has 248 valence electrons. The lowest BCUT2D eigenvalue weighted by molar-refractivity contribution is -0.698. The predicted octanol–water partition coefficient (Wildman–Crippen LogP) is 6.62. The van der Waals surface area contributed by atoms with Crippen LogP contribution in [0.25, 0.3) is 0 Å². The highest BCUT2D eigenvalue weighted by Crippen LogP contribution is 2.14. The smallest absolute Gasteiger partial charge is 0.316 e. The Balaban J connectivity index is 1.46. The molecule has 0 saturated heterocycles. The van der Waals surface area contributed by atoms with Gasteiger partial charge in [-0.2, -0.15) is 0 Å². The Morgan fingerprint density at radius 2 is 1.27 bits per heavy atom. The van der Waals surface area contributed by atoms with E-state index in [9.17, 15) is 4.79 Å². The Morgan fingerprint density at radius 3 is 1.86 bits per heavy atom. The van der Waals surface area contributed by atoms with Crippen molar-refractivity contribution in [3.8, 4) is 6.01 Å². The fraction of sp³-hybridized carbons (Fsp3) is 0.714. The fourth-order valence-electron chi connectivity index (χ4n) is 4.99. The molecule has 2 N–H and O–H groups in total. The second-order valence-electron chi connectivity index (χ2n) is 11.5. The van der Waals surface area contributed by atoms with Crippen molar-refractivity contribution < 1.29 is 28.3 Å². The maximum absolute atomic E-state index is 11.3. The fourth-order valence-corrected chi connectivity index (χ4v) is 4.99. The quantitative estimate of drug-likeness (QED) is 0.0777. The van der Waals surface area contributed by atoms with Gasteiger partial charge in [0.15, 0.2) is 18.9 Å². The molecule has 9 heteroatoms. The molecule has 1 amide bonds. The molecular formula is C35H59N4O5+. The number of pyridine rings is 1. The number of amides is 1. The third kappa shape index (κ3) is 20.4. The van der Waals surface area contributed by atoms with Crippen LogP contribution in [0.5, 0.6) is 6.01 Å². The van der Waals surface area contributed by atoms with E-state index in [2.05, 4.69) is 16.9 Å². The first-order valence-electron chi connectivity index (χ1n) is 17.1. The number of hydrogen-bond donors (Lipinski definition) is 1. The standard InChI is InChI=1S/C35H58N4O5/c1-2-3-4-5-6-7-8-9-10-11-12-13-14-15-16-17-25-42-30-33(44-35-37-21-19-22-38-35)31-43-28-27-41-26-24-39-23-18-20-32(29-39)34(36)40/h18-23,29,33H,2-17,24-28,30-31H2,1H3,(H-,36,40)/p+1. The number of carbonyl (C=O) groups excluding carboxylic acids is 1. The summed E-state index contributed by atoms with van der Waals surface area (Å²) < 4.78 is 25.2. The number of rotatable bonds is 30. The third-order valence-corrected chi connectivity index (χ3v) is 7.57. The van der Waals surface area contributed by atoms with Gasteiger partial charge in [-0.05, 0) is 18.6 Å². The lowest BCUT2D eigenvalue weighted by atomic mass is 10.0. The van der Waals surface area contributed by atoms with Gasteiger partial charge < -0.3 is 24.7 Å². The summed E-state index contributed by atoms with van der Waals surface area (Å²) >= 11 is 0. The molecule has 0 spiro atoms. The first-order chi connectivity index (χ1) is 21.7. The summed E-state index contributed by atoms with van der Waals surface area (Å²) in [7, 11) is 0. The average Bonchev–Trinajstić information content (AvgIpc) is 3.04. The zero-order valence-electron chi connectivity index (χ0n) is 27.3. The van der Waals surface area contributed by atoms with Crippen molar-refractivity contribution in [3.05, 3.63) is 48.5 Å². The number of hydrogen-bond acceptors (Lipinski definition) is 7. The van der Waals surface area contributed by atoms with Gasteiger partial charge in [0.25, 0.3) is 5.91 Å². The first kappa shape index (κ1) is 37.6. The second-order valence-corrected chi connectivity index (χ2v) is 11.5. The van der Waals surface area contributed by atoms with Crippen molar-refractivity contribution in [1.29, 1.82) is 0 Å². The molecule has 0 bridgehead atoms. The maximum atomic E-state index is 11.3. The van der Waals surface area contributed by atoms with Crippen LogP contribution in [-0.4, -0.2) is 61.6 Å². The molecule has 0 saturated carbocycles. The highest BCUT2D eigenvalue weighted by molar-refractivity contribution is 5.92.